The van der Waals surface area contributed by atoms with E-state index < -0.39 is 34.7 Å². The molecule has 0 saturated carbocycles. The van der Waals surface area contributed by atoms with Gasteiger partial charge in [-0.05, 0) is 23.9 Å². The smallest absolute Gasteiger partial charge is 0.321 e. The van der Waals surface area contributed by atoms with E-state index in [1.807, 2.05) is 0 Å². The summed E-state index contributed by atoms with van der Waals surface area (Å²) < 4.78 is 32.1. The van der Waals surface area contributed by atoms with Gasteiger partial charge in [0, 0.05) is 0 Å². The second kappa shape index (κ2) is 14.6. The molecule has 7 heteroatoms. The standard InChI is InChI=1S/C16H30O6S/c1-3-5-7-9-11-21-15(17)13-14(23(19)20)16(18)22-12-10-8-6-4-2/h14H,3-13H2,1-2H3,(H,19,20)/p-1. The van der Waals surface area contributed by atoms with E-state index in [4.69, 9.17) is 9.47 Å². The molecule has 0 rings (SSSR count). The number of rotatable bonds is 14. The Labute approximate surface area is 141 Å². The summed E-state index contributed by atoms with van der Waals surface area (Å²) in [6.07, 6.45) is 7.08. The van der Waals surface area contributed by atoms with Crippen LogP contribution in [0.5, 0.6) is 0 Å². The van der Waals surface area contributed by atoms with Crippen LogP contribution in [0.15, 0.2) is 0 Å². The molecule has 23 heavy (non-hydrogen) atoms. The third kappa shape index (κ3) is 12.2. The first-order chi connectivity index (χ1) is 11.0. The summed E-state index contributed by atoms with van der Waals surface area (Å²) in [7, 11) is 0. The summed E-state index contributed by atoms with van der Waals surface area (Å²) in [5.41, 5.74) is 0. The lowest BCUT2D eigenvalue weighted by atomic mass is 10.2. The maximum Gasteiger partial charge on any atom is 0.321 e. The Morgan fingerprint density at radius 3 is 1.91 bits per heavy atom. The van der Waals surface area contributed by atoms with E-state index in [2.05, 4.69) is 13.8 Å². The van der Waals surface area contributed by atoms with Gasteiger partial charge in [-0.3, -0.25) is 13.8 Å². The number of esters is 2. The van der Waals surface area contributed by atoms with Crippen LogP contribution in [-0.4, -0.2) is 39.2 Å². The fourth-order valence-corrected chi connectivity index (χ4v) is 2.45. The summed E-state index contributed by atoms with van der Waals surface area (Å²) in [6, 6.07) is 0. The van der Waals surface area contributed by atoms with Gasteiger partial charge in [-0.25, -0.2) is 0 Å². The first-order valence-corrected chi connectivity index (χ1v) is 9.57. The average Bonchev–Trinajstić information content (AvgIpc) is 2.51. The largest absolute Gasteiger partial charge is 0.772 e. The van der Waals surface area contributed by atoms with E-state index >= 15 is 0 Å². The molecule has 2 unspecified atom stereocenters. The van der Waals surface area contributed by atoms with Crippen molar-refractivity contribution in [1.82, 2.24) is 0 Å². The van der Waals surface area contributed by atoms with Gasteiger partial charge in [0.15, 0.2) is 0 Å². The van der Waals surface area contributed by atoms with Gasteiger partial charge in [-0.2, -0.15) is 0 Å². The number of hydrogen-bond donors (Lipinski definition) is 0. The van der Waals surface area contributed by atoms with Gasteiger partial charge in [0.2, 0.25) is 0 Å². The fourth-order valence-electron chi connectivity index (χ4n) is 1.95. The number of carbonyl (C=O) groups excluding carboxylic acids is 2. The van der Waals surface area contributed by atoms with Crippen molar-refractivity contribution in [3.63, 3.8) is 0 Å². The summed E-state index contributed by atoms with van der Waals surface area (Å²) in [5, 5.41) is -1.48. The molecule has 0 N–H and O–H groups in total. The van der Waals surface area contributed by atoms with Crippen LogP contribution in [-0.2, 0) is 30.1 Å². The van der Waals surface area contributed by atoms with Crippen LogP contribution in [0.25, 0.3) is 0 Å². The topological polar surface area (TPSA) is 92.7 Å². The van der Waals surface area contributed by atoms with Crippen molar-refractivity contribution in [2.75, 3.05) is 13.2 Å². The van der Waals surface area contributed by atoms with Crippen LogP contribution < -0.4 is 0 Å². The van der Waals surface area contributed by atoms with E-state index in [0.29, 0.717) is 6.42 Å². The third-order valence-corrected chi connectivity index (χ3v) is 4.17. The van der Waals surface area contributed by atoms with E-state index in [0.717, 1.165) is 44.9 Å². The maximum atomic E-state index is 11.7. The number of ether oxygens (including phenoxy) is 2. The lowest BCUT2D eigenvalue weighted by Crippen LogP contribution is -2.31. The molecule has 0 aliphatic carbocycles. The van der Waals surface area contributed by atoms with Crippen molar-refractivity contribution >= 4 is 23.0 Å². The highest BCUT2D eigenvalue weighted by molar-refractivity contribution is 7.80. The van der Waals surface area contributed by atoms with Gasteiger partial charge >= 0.3 is 11.9 Å². The quantitative estimate of drug-likeness (QED) is 0.272. The zero-order chi connectivity index (χ0) is 17.5. The van der Waals surface area contributed by atoms with Crippen LogP contribution in [0, 0.1) is 0 Å². The lowest BCUT2D eigenvalue weighted by Gasteiger charge is -2.17. The Hall–Kier alpha value is -0.950. The molecule has 0 amide bonds. The molecule has 0 bridgehead atoms. The highest BCUT2D eigenvalue weighted by atomic mass is 32.2. The van der Waals surface area contributed by atoms with Gasteiger partial charge in [0.1, 0.15) is 5.25 Å². The minimum atomic E-state index is -2.70. The van der Waals surface area contributed by atoms with Gasteiger partial charge in [0.05, 0.1) is 19.6 Å². The van der Waals surface area contributed by atoms with Crippen molar-refractivity contribution in [3.8, 4) is 0 Å². The second-order valence-corrected chi connectivity index (χ2v) is 6.55. The number of hydrogen-bond acceptors (Lipinski definition) is 6. The van der Waals surface area contributed by atoms with Gasteiger partial charge in [0.25, 0.3) is 0 Å². The molecule has 0 heterocycles. The Morgan fingerprint density at radius 1 is 0.913 bits per heavy atom. The molecule has 0 saturated heterocycles. The van der Waals surface area contributed by atoms with Crippen LogP contribution in [0.2, 0.25) is 0 Å². The molecule has 0 radical (unpaired) electrons. The Balaban J connectivity index is 4.06. The van der Waals surface area contributed by atoms with Crippen molar-refractivity contribution < 1.29 is 27.8 Å². The molecule has 2 atom stereocenters. The molecule has 0 aliphatic heterocycles. The Bertz CT molecular complexity index is 358. The van der Waals surface area contributed by atoms with Gasteiger partial charge in [-0.15, -0.1) is 0 Å². The van der Waals surface area contributed by atoms with Crippen molar-refractivity contribution in [3.05, 3.63) is 0 Å². The van der Waals surface area contributed by atoms with Crippen molar-refractivity contribution in [2.45, 2.75) is 76.9 Å². The molecule has 0 aromatic heterocycles. The van der Waals surface area contributed by atoms with Crippen molar-refractivity contribution in [1.29, 1.82) is 0 Å². The van der Waals surface area contributed by atoms with E-state index in [-0.39, 0.29) is 13.2 Å². The summed E-state index contributed by atoms with van der Waals surface area (Å²) in [4.78, 5) is 23.4. The van der Waals surface area contributed by atoms with Gasteiger partial charge < -0.3 is 14.0 Å². The minimum absolute atomic E-state index is 0.179. The molecule has 0 aliphatic rings. The molecule has 0 aromatic carbocycles. The molecule has 136 valence electrons. The summed E-state index contributed by atoms with van der Waals surface area (Å²) in [6.45, 7) is 4.58. The maximum absolute atomic E-state index is 11.7. The first-order valence-electron chi connectivity index (χ1n) is 8.43. The SMILES string of the molecule is CCCCCCOC(=O)CC(C(=O)OCCCCCC)S(=O)[O-]. The van der Waals surface area contributed by atoms with Gasteiger partial charge in [-0.1, -0.05) is 52.4 Å². The van der Waals surface area contributed by atoms with E-state index in [9.17, 15) is 18.4 Å². The average molecular weight is 349 g/mol. The highest BCUT2D eigenvalue weighted by Gasteiger charge is 2.25. The van der Waals surface area contributed by atoms with E-state index in [1.165, 1.54) is 0 Å². The number of carbonyl (C=O) groups is 2. The van der Waals surface area contributed by atoms with E-state index in [1.54, 1.807) is 0 Å². The first kappa shape index (κ1) is 22.1. The van der Waals surface area contributed by atoms with Crippen molar-refractivity contribution in [2.24, 2.45) is 0 Å². The predicted octanol–water partition coefficient (Wildman–Crippen LogP) is 2.87. The molecule has 0 spiro atoms. The fraction of sp³-hybridized carbons (Fsp3) is 0.875. The Kier molecular flexibility index (Phi) is 14.0. The van der Waals surface area contributed by atoms with Crippen LogP contribution in [0.3, 0.4) is 0 Å². The number of unbranched alkanes of at least 4 members (excludes halogenated alkanes) is 6. The normalized spacial score (nSPS) is 13.3. The Morgan fingerprint density at radius 2 is 1.43 bits per heavy atom. The molecular formula is C16H29O6S-. The molecule has 6 nitrogen and oxygen atoms in total. The van der Waals surface area contributed by atoms with Crippen LogP contribution in [0.1, 0.15) is 71.6 Å². The highest BCUT2D eigenvalue weighted by Crippen LogP contribution is 2.08. The summed E-state index contributed by atoms with van der Waals surface area (Å²) >= 11 is -2.70. The molecular weight excluding hydrogens is 320 g/mol. The van der Waals surface area contributed by atoms with Crippen LogP contribution >= 0.6 is 0 Å². The minimum Gasteiger partial charge on any atom is -0.772 e. The summed E-state index contributed by atoms with van der Waals surface area (Å²) in [5.74, 6) is -1.56. The zero-order valence-electron chi connectivity index (χ0n) is 14.2. The lowest BCUT2D eigenvalue weighted by molar-refractivity contribution is -0.150. The molecule has 0 fully saturated rings. The predicted molar refractivity (Wildman–Crippen MR) is 87.5 cm³/mol. The second-order valence-electron chi connectivity index (χ2n) is 5.46. The zero-order valence-corrected chi connectivity index (χ0v) is 15.0. The monoisotopic (exact) mass is 349 g/mol. The third-order valence-electron chi connectivity index (χ3n) is 3.35. The van der Waals surface area contributed by atoms with Crippen LogP contribution in [0.4, 0.5) is 0 Å². The molecule has 0 aromatic rings.